The fourth-order valence-corrected chi connectivity index (χ4v) is 2.15. The predicted octanol–water partition coefficient (Wildman–Crippen LogP) is 2.32. The van der Waals surface area contributed by atoms with Crippen LogP contribution >= 0.6 is 11.6 Å². The Bertz CT molecular complexity index is 215. The Morgan fingerprint density at radius 2 is 1.85 bits per heavy atom. The highest BCUT2D eigenvalue weighted by Gasteiger charge is 2.20. The minimum absolute atomic E-state index is 0.295. The molecule has 0 amide bonds. The topological polar surface area (TPSA) is 54.0 Å². The van der Waals surface area contributed by atoms with E-state index in [1.54, 1.807) is 0 Å². The fourth-order valence-electron chi connectivity index (χ4n) is 2.04. The molecule has 1 rings (SSSR count). The number of epoxide rings is 1. The van der Waals surface area contributed by atoms with Gasteiger partial charge in [-0.05, 0) is 32.2 Å². The zero-order valence-corrected chi connectivity index (χ0v) is 13.2. The normalized spacial score (nSPS) is 19.2. The minimum Gasteiger partial charge on any atom is -0.391 e. The highest BCUT2D eigenvalue weighted by atomic mass is 35.5. The van der Waals surface area contributed by atoms with Gasteiger partial charge >= 0.3 is 0 Å². The van der Waals surface area contributed by atoms with Crippen LogP contribution in [0.3, 0.4) is 0 Å². The monoisotopic (exact) mass is 307 g/mol. The molecule has 1 aliphatic heterocycles. The van der Waals surface area contributed by atoms with Crippen LogP contribution in [0, 0.1) is 0 Å². The van der Waals surface area contributed by atoms with Crippen molar-refractivity contribution in [3.63, 3.8) is 0 Å². The van der Waals surface area contributed by atoms with Crippen molar-refractivity contribution in [1.29, 1.82) is 0 Å². The number of aliphatic hydroxyl groups excluding tert-OH is 1. The summed E-state index contributed by atoms with van der Waals surface area (Å²) in [5, 5.41) is 12.4. The van der Waals surface area contributed by atoms with Gasteiger partial charge in [-0.1, -0.05) is 19.3 Å². The summed E-state index contributed by atoms with van der Waals surface area (Å²) in [7, 11) is 0. The van der Waals surface area contributed by atoms with E-state index in [0.29, 0.717) is 18.5 Å². The molecule has 2 unspecified atom stereocenters. The number of alkyl halides is 1. The summed E-state index contributed by atoms with van der Waals surface area (Å²) in [6, 6.07) is 0. The summed E-state index contributed by atoms with van der Waals surface area (Å²) < 4.78 is 10.8. The van der Waals surface area contributed by atoms with Crippen LogP contribution in [-0.4, -0.2) is 56.1 Å². The first-order valence-electron chi connectivity index (χ1n) is 7.97. The van der Waals surface area contributed by atoms with Crippen molar-refractivity contribution in [2.24, 2.45) is 0 Å². The Labute approximate surface area is 128 Å². The van der Waals surface area contributed by atoms with Gasteiger partial charge in [0.05, 0.1) is 18.8 Å². The van der Waals surface area contributed by atoms with Crippen LogP contribution in [0.1, 0.15) is 44.9 Å². The highest BCUT2D eigenvalue weighted by molar-refractivity contribution is 6.18. The number of aliphatic hydroxyl groups is 1. The zero-order valence-electron chi connectivity index (χ0n) is 12.5. The Morgan fingerprint density at radius 3 is 2.55 bits per heavy atom. The molecule has 1 heterocycles. The molecule has 120 valence electrons. The van der Waals surface area contributed by atoms with Gasteiger partial charge in [0.2, 0.25) is 0 Å². The molecule has 2 N–H and O–H groups in total. The summed E-state index contributed by atoms with van der Waals surface area (Å²) >= 11 is 5.50. The molecular formula is C15H30ClNO3. The lowest BCUT2D eigenvalue weighted by atomic mass is 10.1. The quantitative estimate of drug-likeness (QED) is 0.277. The van der Waals surface area contributed by atoms with Crippen LogP contribution in [-0.2, 0) is 9.47 Å². The number of ether oxygens (including phenoxy) is 2. The molecule has 0 bridgehead atoms. The van der Waals surface area contributed by atoms with E-state index < -0.39 is 6.10 Å². The molecule has 0 radical (unpaired) electrons. The average molecular weight is 308 g/mol. The number of unbranched alkanes of at least 4 members (excludes halogenated alkanes) is 4. The standard InChI is InChI=1S/C15H30ClNO3/c16-11-14(18)12-17-8-4-6-10-19-9-5-2-1-3-7-15-13-20-15/h14-15,17-18H,1-13H2. The van der Waals surface area contributed by atoms with Gasteiger partial charge < -0.3 is 19.9 Å². The SMILES string of the molecule is OC(CCl)CNCCCCOCCCCCCC1CO1. The van der Waals surface area contributed by atoms with Gasteiger partial charge in [-0.15, -0.1) is 11.6 Å². The van der Waals surface area contributed by atoms with E-state index in [-0.39, 0.29) is 0 Å². The third-order valence-corrected chi connectivity index (χ3v) is 3.77. The van der Waals surface area contributed by atoms with Gasteiger partial charge in [0.15, 0.2) is 0 Å². The molecule has 1 fully saturated rings. The van der Waals surface area contributed by atoms with Gasteiger partial charge in [0.25, 0.3) is 0 Å². The van der Waals surface area contributed by atoms with Gasteiger partial charge in [-0.3, -0.25) is 0 Å². The molecule has 0 aromatic heterocycles. The smallest absolute Gasteiger partial charge is 0.0810 e. The Kier molecular flexibility index (Phi) is 11.7. The number of nitrogens with one attached hydrogen (secondary N) is 1. The summed E-state index contributed by atoms with van der Waals surface area (Å²) in [5.41, 5.74) is 0. The van der Waals surface area contributed by atoms with Crippen LogP contribution in [0.2, 0.25) is 0 Å². The summed E-state index contributed by atoms with van der Waals surface area (Å²) in [6.45, 7) is 4.22. The number of hydrogen-bond acceptors (Lipinski definition) is 4. The molecule has 0 aromatic rings. The lowest BCUT2D eigenvalue weighted by Gasteiger charge is -2.08. The van der Waals surface area contributed by atoms with E-state index >= 15 is 0 Å². The van der Waals surface area contributed by atoms with E-state index in [1.165, 1.54) is 32.1 Å². The summed E-state index contributed by atoms with van der Waals surface area (Å²) in [5.74, 6) is 0.295. The second-order valence-corrected chi connectivity index (χ2v) is 5.80. The highest BCUT2D eigenvalue weighted by Crippen LogP contribution is 2.17. The maximum Gasteiger partial charge on any atom is 0.0810 e. The maximum atomic E-state index is 9.23. The van der Waals surface area contributed by atoms with Crippen molar-refractivity contribution in [2.45, 2.75) is 57.2 Å². The molecule has 0 aromatic carbocycles. The second-order valence-electron chi connectivity index (χ2n) is 5.49. The summed E-state index contributed by atoms with van der Waals surface area (Å²) in [4.78, 5) is 0. The third-order valence-electron chi connectivity index (χ3n) is 3.42. The van der Waals surface area contributed by atoms with Gasteiger partial charge in [-0.25, -0.2) is 0 Å². The lowest BCUT2D eigenvalue weighted by molar-refractivity contribution is 0.125. The first kappa shape index (κ1) is 18.2. The van der Waals surface area contributed by atoms with Gasteiger partial charge in [-0.2, -0.15) is 0 Å². The van der Waals surface area contributed by atoms with Crippen LogP contribution in [0.15, 0.2) is 0 Å². The third kappa shape index (κ3) is 11.9. The van der Waals surface area contributed by atoms with E-state index in [2.05, 4.69) is 5.32 Å². The first-order chi connectivity index (χ1) is 9.83. The molecule has 0 spiro atoms. The molecular weight excluding hydrogens is 278 g/mol. The first-order valence-corrected chi connectivity index (χ1v) is 8.50. The van der Waals surface area contributed by atoms with Crippen LogP contribution in [0.4, 0.5) is 0 Å². The van der Waals surface area contributed by atoms with E-state index in [9.17, 15) is 5.11 Å². The van der Waals surface area contributed by atoms with Gasteiger partial charge in [0, 0.05) is 25.6 Å². The minimum atomic E-state index is -0.431. The van der Waals surface area contributed by atoms with Crippen LogP contribution < -0.4 is 5.32 Å². The molecule has 0 aliphatic carbocycles. The Balaban J connectivity index is 1.63. The molecule has 20 heavy (non-hydrogen) atoms. The van der Waals surface area contributed by atoms with Crippen molar-refractivity contribution in [3.05, 3.63) is 0 Å². The Morgan fingerprint density at radius 1 is 1.15 bits per heavy atom. The molecule has 4 nitrogen and oxygen atoms in total. The number of halogens is 1. The van der Waals surface area contributed by atoms with Crippen molar-refractivity contribution in [1.82, 2.24) is 5.32 Å². The number of hydrogen-bond donors (Lipinski definition) is 2. The van der Waals surface area contributed by atoms with E-state index in [0.717, 1.165) is 39.2 Å². The molecule has 2 atom stereocenters. The largest absolute Gasteiger partial charge is 0.391 e. The summed E-state index contributed by atoms with van der Waals surface area (Å²) in [6.07, 6.45) is 8.59. The second kappa shape index (κ2) is 12.8. The van der Waals surface area contributed by atoms with Crippen LogP contribution in [0.25, 0.3) is 0 Å². The molecule has 0 saturated carbocycles. The van der Waals surface area contributed by atoms with Crippen molar-refractivity contribution >= 4 is 11.6 Å². The molecule has 5 heteroatoms. The molecule has 1 aliphatic rings. The fraction of sp³-hybridized carbons (Fsp3) is 1.00. The Hall–Kier alpha value is 0.130. The van der Waals surface area contributed by atoms with E-state index in [4.69, 9.17) is 21.1 Å². The maximum absolute atomic E-state index is 9.23. The van der Waals surface area contributed by atoms with Crippen molar-refractivity contribution in [3.8, 4) is 0 Å². The zero-order chi connectivity index (χ0) is 14.5. The predicted molar refractivity (Wildman–Crippen MR) is 82.5 cm³/mol. The average Bonchev–Trinajstić information content (AvgIpc) is 3.27. The van der Waals surface area contributed by atoms with E-state index in [1.807, 2.05) is 0 Å². The number of rotatable bonds is 15. The van der Waals surface area contributed by atoms with Crippen molar-refractivity contribution in [2.75, 3.05) is 38.8 Å². The molecule has 1 saturated heterocycles. The van der Waals surface area contributed by atoms with Gasteiger partial charge in [0.1, 0.15) is 0 Å². The lowest BCUT2D eigenvalue weighted by Crippen LogP contribution is -2.28. The van der Waals surface area contributed by atoms with Crippen LogP contribution in [0.5, 0.6) is 0 Å². The van der Waals surface area contributed by atoms with Crippen molar-refractivity contribution < 1.29 is 14.6 Å².